The van der Waals surface area contributed by atoms with Crippen LogP contribution in [0.4, 0.5) is 14.5 Å². The van der Waals surface area contributed by atoms with Gasteiger partial charge in [0, 0.05) is 17.2 Å². The minimum absolute atomic E-state index is 0.0901. The lowest BCUT2D eigenvalue weighted by molar-refractivity contribution is -0.385. The lowest BCUT2D eigenvalue weighted by Gasteiger charge is -2.07. The van der Waals surface area contributed by atoms with Gasteiger partial charge in [-0.05, 0) is 13.0 Å². The van der Waals surface area contributed by atoms with E-state index in [1.807, 2.05) is 0 Å². The van der Waals surface area contributed by atoms with Crippen LogP contribution < -0.4 is 0 Å². The molecule has 20 heavy (non-hydrogen) atoms. The van der Waals surface area contributed by atoms with Crippen LogP contribution in [0.2, 0.25) is 0 Å². The molecule has 8 heteroatoms. The molecular formula is C12H10F2N2O4. The minimum atomic E-state index is -3.01. The Labute approximate surface area is 112 Å². The van der Waals surface area contributed by atoms with Gasteiger partial charge in [0.25, 0.3) is 12.1 Å². The zero-order valence-corrected chi connectivity index (χ0v) is 10.4. The van der Waals surface area contributed by atoms with E-state index in [9.17, 15) is 23.7 Å². The smallest absolute Gasteiger partial charge is 0.310 e. The highest BCUT2D eigenvalue weighted by molar-refractivity contribution is 5.74. The summed E-state index contributed by atoms with van der Waals surface area (Å²) in [4.78, 5) is 21.3. The molecule has 1 rings (SSSR count). The number of nitrogens with zero attached hydrogens (tertiary/aromatic N) is 2. The van der Waals surface area contributed by atoms with Crippen LogP contribution in [0.15, 0.2) is 12.1 Å². The summed E-state index contributed by atoms with van der Waals surface area (Å²) < 4.78 is 30.1. The highest BCUT2D eigenvalue weighted by atomic mass is 19.3. The molecule has 0 N–H and O–H groups in total. The van der Waals surface area contributed by atoms with Crippen molar-refractivity contribution in [3.05, 3.63) is 38.9 Å². The molecule has 0 aliphatic heterocycles. The van der Waals surface area contributed by atoms with Gasteiger partial charge in [0.2, 0.25) is 0 Å². The van der Waals surface area contributed by atoms with Crippen LogP contribution in [-0.4, -0.2) is 17.5 Å². The van der Waals surface area contributed by atoms with E-state index in [-0.39, 0.29) is 12.2 Å². The normalized spacial score (nSPS) is 10.2. The Morgan fingerprint density at radius 1 is 1.55 bits per heavy atom. The molecule has 0 saturated carbocycles. The second kappa shape index (κ2) is 6.56. The molecule has 0 amide bonds. The molecule has 0 aromatic heterocycles. The molecule has 0 heterocycles. The largest absolute Gasteiger partial charge is 0.466 e. The van der Waals surface area contributed by atoms with Crippen molar-refractivity contribution >= 4 is 11.7 Å². The van der Waals surface area contributed by atoms with Gasteiger partial charge in [0.1, 0.15) is 0 Å². The Bertz CT molecular complexity index is 582. The van der Waals surface area contributed by atoms with Gasteiger partial charge in [-0.25, -0.2) is 8.78 Å². The average molecular weight is 284 g/mol. The number of nitriles is 1. The van der Waals surface area contributed by atoms with Crippen molar-refractivity contribution < 1.29 is 23.2 Å². The molecule has 6 nitrogen and oxygen atoms in total. The number of alkyl halides is 2. The number of halogens is 2. The number of hydrogen-bond acceptors (Lipinski definition) is 5. The molecular weight excluding hydrogens is 274 g/mol. The maximum atomic E-state index is 12.7. The third-order valence-electron chi connectivity index (χ3n) is 2.44. The molecule has 1 aromatic rings. The summed E-state index contributed by atoms with van der Waals surface area (Å²) in [6.07, 6.45) is -3.47. The fraction of sp³-hybridized carbons (Fsp3) is 0.333. The van der Waals surface area contributed by atoms with Gasteiger partial charge in [-0.15, -0.1) is 0 Å². The number of nitro benzene ring substituents is 1. The number of hydrogen-bond donors (Lipinski definition) is 0. The Balaban J connectivity index is 3.32. The molecule has 1 aromatic carbocycles. The van der Waals surface area contributed by atoms with Crippen molar-refractivity contribution in [2.24, 2.45) is 0 Å². The summed E-state index contributed by atoms with van der Waals surface area (Å²) in [5.74, 6) is -0.732. The Kier molecular flexibility index (Phi) is 5.08. The first-order chi connectivity index (χ1) is 9.40. The van der Waals surface area contributed by atoms with E-state index in [4.69, 9.17) is 5.26 Å². The number of carbonyl (C=O) groups excluding carboxylic acids is 1. The van der Waals surface area contributed by atoms with Crippen LogP contribution in [0.3, 0.4) is 0 Å². The first-order valence-electron chi connectivity index (χ1n) is 5.55. The van der Waals surface area contributed by atoms with Crippen LogP contribution >= 0.6 is 0 Å². The van der Waals surface area contributed by atoms with Crippen LogP contribution in [0, 0.1) is 21.4 Å². The fourth-order valence-corrected chi connectivity index (χ4v) is 1.61. The van der Waals surface area contributed by atoms with Gasteiger partial charge in [0.05, 0.1) is 29.6 Å². The van der Waals surface area contributed by atoms with Crippen molar-refractivity contribution in [1.82, 2.24) is 0 Å². The molecule has 0 atom stereocenters. The summed E-state index contributed by atoms with van der Waals surface area (Å²) in [6.45, 7) is 1.65. The summed E-state index contributed by atoms with van der Waals surface area (Å²) in [5.41, 5.74) is -1.89. The van der Waals surface area contributed by atoms with Crippen molar-refractivity contribution in [1.29, 1.82) is 5.26 Å². The Morgan fingerprint density at radius 2 is 2.20 bits per heavy atom. The van der Waals surface area contributed by atoms with Crippen molar-refractivity contribution in [3.8, 4) is 6.07 Å². The summed E-state index contributed by atoms with van der Waals surface area (Å²) in [7, 11) is 0. The molecule has 106 valence electrons. The Hall–Kier alpha value is -2.56. The maximum absolute atomic E-state index is 12.7. The molecule has 0 bridgehead atoms. The zero-order chi connectivity index (χ0) is 15.3. The SMILES string of the molecule is CCOC(=O)Cc1cc(C#N)c(C(F)F)cc1[N+](=O)[O-]. The molecule has 0 saturated heterocycles. The molecule has 0 spiro atoms. The van der Waals surface area contributed by atoms with Gasteiger partial charge < -0.3 is 4.74 Å². The van der Waals surface area contributed by atoms with E-state index in [1.165, 1.54) is 6.07 Å². The van der Waals surface area contributed by atoms with Crippen molar-refractivity contribution in [2.45, 2.75) is 19.8 Å². The average Bonchev–Trinajstić information content (AvgIpc) is 2.37. The molecule has 0 aliphatic rings. The van der Waals surface area contributed by atoms with Gasteiger partial charge in [-0.1, -0.05) is 0 Å². The predicted octanol–water partition coefficient (Wildman–Crippen LogP) is 2.51. The lowest BCUT2D eigenvalue weighted by atomic mass is 10.0. The molecule has 0 radical (unpaired) electrons. The summed E-state index contributed by atoms with van der Waals surface area (Å²) in [6, 6.07) is 3.08. The topological polar surface area (TPSA) is 93.2 Å². The van der Waals surface area contributed by atoms with Gasteiger partial charge >= 0.3 is 5.97 Å². The van der Waals surface area contributed by atoms with Crippen LogP contribution in [0.5, 0.6) is 0 Å². The fourth-order valence-electron chi connectivity index (χ4n) is 1.61. The standard InChI is InChI=1S/C12H10F2N2O4/c1-2-20-11(17)4-7-3-8(6-15)9(12(13)14)5-10(7)16(18)19/h3,5,12H,2,4H2,1H3. The second-order valence-electron chi connectivity index (χ2n) is 3.72. The first kappa shape index (κ1) is 15.5. The number of ether oxygens (including phenoxy) is 1. The van der Waals surface area contributed by atoms with E-state index in [1.54, 1.807) is 6.92 Å². The lowest BCUT2D eigenvalue weighted by Crippen LogP contribution is -2.10. The molecule has 0 fully saturated rings. The third-order valence-corrected chi connectivity index (χ3v) is 2.44. The van der Waals surface area contributed by atoms with E-state index < -0.39 is 40.6 Å². The van der Waals surface area contributed by atoms with Gasteiger partial charge in [-0.2, -0.15) is 5.26 Å². The highest BCUT2D eigenvalue weighted by Crippen LogP contribution is 2.30. The second-order valence-corrected chi connectivity index (χ2v) is 3.72. The number of carbonyl (C=O) groups is 1. The van der Waals surface area contributed by atoms with Crippen molar-refractivity contribution in [2.75, 3.05) is 6.61 Å². The van der Waals surface area contributed by atoms with Crippen LogP contribution in [0.1, 0.15) is 30.0 Å². The minimum Gasteiger partial charge on any atom is -0.466 e. The monoisotopic (exact) mass is 284 g/mol. The zero-order valence-electron chi connectivity index (χ0n) is 10.4. The van der Waals surface area contributed by atoms with Gasteiger partial charge in [-0.3, -0.25) is 14.9 Å². The van der Waals surface area contributed by atoms with Crippen LogP contribution in [-0.2, 0) is 16.0 Å². The first-order valence-corrected chi connectivity index (χ1v) is 5.55. The van der Waals surface area contributed by atoms with Crippen molar-refractivity contribution in [3.63, 3.8) is 0 Å². The predicted molar refractivity (Wildman–Crippen MR) is 63.1 cm³/mol. The maximum Gasteiger partial charge on any atom is 0.310 e. The quantitative estimate of drug-likeness (QED) is 0.470. The summed E-state index contributed by atoms with van der Waals surface area (Å²) in [5, 5.41) is 19.7. The number of benzene rings is 1. The van der Waals surface area contributed by atoms with E-state index in [0.29, 0.717) is 6.07 Å². The van der Waals surface area contributed by atoms with Crippen LogP contribution in [0.25, 0.3) is 0 Å². The van der Waals surface area contributed by atoms with Gasteiger partial charge in [0.15, 0.2) is 0 Å². The number of rotatable bonds is 5. The van der Waals surface area contributed by atoms with E-state index in [2.05, 4.69) is 4.74 Å². The molecule has 0 aliphatic carbocycles. The molecule has 0 unspecified atom stereocenters. The van der Waals surface area contributed by atoms with E-state index in [0.717, 1.165) is 6.07 Å². The number of nitro groups is 1. The highest BCUT2D eigenvalue weighted by Gasteiger charge is 2.24. The third kappa shape index (κ3) is 3.47. The summed E-state index contributed by atoms with van der Waals surface area (Å²) >= 11 is 0. The van der Waals surface area contributed by atoms with E-state index >= 15 is 0 Å². The number of esters is 1. The Morgan fingerprint density at radius 3 is 2.65 bits per heavy atom.